The highest BCUT2D eigenvalue weighted by atomic mass is 35.5. The van der Waals surface area contributed by atoms with Gasteiger partial charge < -0.3 is 25.2 Å². The number of carbonyl (C=O) groups excluding carboxylic acids is 1. The molecule has 0 unspecified atom stereocenters. The van der Waals surface area contributed by atoms with E-state index in [2.05, 4.69) is 25.5 Å². The van der Waals surface area contributed by atoms with Crippen LogP contribution < -0.4 is 20.3 Å². The fourth-order valence-electron chi connectivity index (χ4n) is 2.84. The van der Waals surface area contributed by atoms with Gasteiger partial charge in [0.2, 0.25) is 5.88 Å². The molecule has 3 heterocycles. The van der Waals surface area contributed by atoms with E-state index in [4.69, 9.17) is 28.6 Å². The summed E-state index contributed by atoms with van der Waals surface area (Å²) >= 11 is 11.1. The van der Waals surface area contributed by atoms with Gasteiger partial charge in [-0.05, 0) is 51.2 Å². The van der Waals surface area contributed by atoms with E-state index in [-0.39, 0.29) is 11.4 Å². The maximum atomic E-state index is 12.4. The van der Waals surface area contributed by atoms with Crippen molar-refractivity contribution >= 4 is 46.5 Å². The average molecular weight is 449 g/mol. The first kappa shape index (κ1) is 22.0. The average Bonchev–Trinajstić information content (AvgIpc) is 2.69. The number of aromatic nitrogens is 2. The van der Waals surface area contributed by atoms with Crippen molar-refractivity contribution in [3.63, 3.8) is 0 Å². The molecule has 1 amide bonds. The van der Waals surface area contributed by atoms with Gasteiger partial charge in [0.1, 0.15) is 5.82 Å². The number of ether oxygens (including phenoxy) is 1. The minimum atomic E-state index is -0.420. The molecular weight excluding hydrogens is 424 g/mol. The van der Waals surface area contributed by atoms with E-state index in [9.17, 15) is 4.79 Å². The molecule has 0 atom stereocenters. The molecule has 2 N–H and O–H groups in total. The lowest BCUT2D eigenvalue weighted by atomic mass is 10.1. The molecular formula is C20H25ClN6O2S. The predicted octanol–water partition coefficient (Wildman–Crippen LogP) is 3.54. The van der Waals surface area contributed by atoms with Crippen molar-refractivity contribution < 1.29 is 9.53 Å². The van der Waals surface area contributed by atoms with Crippen LogP contribution in [0, 0.1) is 0 Å². The van der Waals surface area contributed by atoms with Gasteiger partial charge in [0.15, 0.2) is 5.11 Å². The molecule has 0 radical (unpaired) electrons. The third kappa shape index (κ3) is 6.43. The van der Waals surface area contributed by atoms with E-state index in [0.717, 1.165) is 5.82 Å². The molecule has 0 bridgehead atoms. The molecule has 2 aromatic heterocycles. The van der Waals surface area contributed by atoms with Crippen molar-refractivity contribution in [3.05, 3.63) is 41.7 Å². The Morgan fingerprint density at radius 2 is 1.83 bits per heavy atom. The first-order valence-electron chi connectivity index (χ1n) is 9.58. The molecule has 1 saturated heterocycles. The molecule has 8 nitrogen and oxygen atoms in total. The smallest absolute Gasteiger partial charge is 0.391 e. The predicted molar refractivity (Wildman–Crippen MR) is 122 cm³/mol. The molecule has 0 saturated carbocycles. The maximum Gasteiger partial charge on any atom is 0.416 e. The molecule has 0 aromatic carbocycles. The lowest BCUT2D eigenvalue weighted by Crippen LogP contribution is -2.49. The Balaban J connectivity index is 1.48. The molecule has 10 heteroatoms. The largest absolute Gasteiger partial charge is 0.416 e. The van der Waals surface area contributed by atoms with Crippen LogP contribution in [0.4, 0.5) is 16.3 Å². The summed E-state index contributed by atoms with van der Waals surface area (Å²) in [6, 6.07) is 7.07. The van der Waals surface area contributed by atoms with Crippen molar-refractivity contribution in [3.8, 4) is 5.88 Å². The van der Waals surface area contributed by atoms with Crippen LogP contribution in [0.3, 0.4) is 0 Å². The van der Waals surface area contributed by atoms with Crippen LogP contribution in [0.15, 0.2) is 36.7 Å². The van der Waals surface area contributed by atoms with Crippen molar-refractivity contribution in [2.75, 3.05) is 36.4 Å². The molecule has 1 fully saturated rings. The monoisotopic (exact) mass is 448 g/mol. The van der Waals surface area contributed by atoms with Crippen LogP contribution in [-0.2, 0) is 0 Å². The molecule has 0 spiro atoms. The minimum Gasteiger partial charge on any atom is -0.391 e. The van der Waals surface area contributed by atoms with Crippen molar-refractivity contribution in [2.45, 2.75) is 26.3 Å². The zero-order valence-corrected chi connectivity index (χ0v) is 18.8. The highest BCUT2D eigenvalue weighted by Gasteiger charge is 2.23. The van der Waals surface area contributed by atoms with Crippen LogP contribution in [-0.4, -0.2) is 57.8 Å². The van der Waals surface area contributed by atoms with Gasteiger partial charge in [-0.15, -0.1) is 0 Å². The molecule has 2 aromatic rings. The van der Waals surface area contributed by atoms with Gasteiger partial charge in [0, 0.05) is 44.0 Å². The summed E-state index contributed by atoms with van der Waals surface area (Å²) < 4.78 is 5.40. The van der Waals surface area contributed by atoms with Crippen molar-refractivity contribution in [2.24, 2.45) is 0 Å². The number of hydrogen-bond acceptors (Lipinski definition) is 6. The van der Waals surface area contributed by atoms with E-state index >= 15 is 0 Å². The van der Waals surface area contributed by atoms with Crippen molar-refractivity contribution in [1.82, 2.24) is 20.2 Å². The second-order valence-corrected chi connectivity index (χ2v) is 8.74. The Hall–Kier alpha value is -2.65. The lowest BCUT2D eigenvalue weighted by molar-refractivity contribution is 0.147. The van der Waals surface area contributed by atoms with Crippen LogP contribution >= 0.6 is 23.8 Å². The number of amides is 1. The van der Waals surface area contributed by atoms with Gasteiger partial charge in [0.05, 0.1) is 16.9 Å². The number of hydrogen-bond donors (Lipinski definition) is 2. The Labute approximate surface area is 186 Å². The number of carbonyl (C=O) groups is 1. The molecule has 160 valence electrons. The highest BCUT2D eigenvalue weighted by molar-refractivity contribution is 7.80. The number of halogens is 1. The van der Waals surface area contributed by atoms with Crippen LogP contribution in [0.2, 0.25) is 5.02 Å². The van der Waals surface area contributed by atoms with Gasteiger partial charge >= 0.3 is 6.09 Å². The fraction of sp³-hybridized carbons (Fsp3) is 0.400. The first-order chi connectivity index (χ1) is 14.2. The summed E-state index contributed by atoms with van der Waals surface area (Å²) in [6.07, 6.45) is 2.77. The van der Waals surface area contributed by atoms with Crippen LogP contribution in [0.1, 0.15) is 20.8 Å². The number of pyridine rings is 2. The first-order valence-corrected chi connectivity index (χ1v) is 10.4. The van der Waals surface area contributed by atoms with E-state index in [1.807, 2.05) is 26.8 Å². The molecule has 3 rings (SSSR count). The maximum absolute atomic E-state index is 12.4. The van der Waals surface area contributed by atoms with Gasteiger partial charge in [-0.2, -0.15) is 0 Å². The Bertz CT molecular complexity index is 878. The number of thiocarbonyl (C=S) groups is 1. The Morgan fingerprint density at radius 3 is 2.40 bits per heavy atom. The second kappa shape index (κ2) is 9.44. The van der Waals surface area contributed by atoms with E-state index < -0.39 is 6.09 Å². The third-order valence-electron chi connectivity index (χ3n) is 4.25. The minimum absolute atomic E-state index is 0.138. The second-order valence-electron chi connectivity index (χ2n) is 7.89. The third-order valence-corrected chi connectivity index (χ3v) is 4.68. The number of rotatable bonds is 3. The van der Waals surface area contributed by atoms with Gasteiger partial charge in [-0.1, -0.05) is 11.6 Å². The summed E-state index contributed by atoms with van der Waals surface area (Å²) in [5.41, 5.74) is 0.571. The summed E-state index contributed by atoms with van der Waals surface area (Å²) in [5, 5.41) is 7.32. The summed E-state index contributed by atoms with van der Waals surface area (Å²) in [6.45, 7) is 8.47. The quantitative estimate of drug-likeness (QED) is 0.690. The standard InChI is InChI=1S/C20H25ClN6O2S/c1-20(2,3)25-18(30)24-15-5-7-17(23-13-15)29-19(28)27-10-8-26(9-11-27)16-6-4-14(21)12-22-16/h4-7,12-13H,8-11H2,1-3H3,(H2,24,25,30). The van der Waals surface area contributed by atoms with Crippen LogP contribution in [0.25, 0.3) is 0 Å². The molecule has 0 aliphatic carbocycles. The number of nitrogens with zero attached hydrogens (tertiary/aromatic N) is 4. The zero-order chi connectivity index (χ0) is 21.7. The summed E-state index contributed by atoms with van der Waals surface area (Å²) in [4.78, 5) is 24.7. The van der Waals surface area contributed by atoms with Crippen LogP contribution in [0.5, 0.6) is 5.88 Å². The van der Waals surface area contributed by atoms with E-state index in [1.165, 1.54) is 0 Å². The fourth-order valence-corrected chi connectivity index (χ4v) is 3.38. The Kier molecular flexibility index (Phi) is 6.94. The number of nitrogens with one attached hydrogen (secondary N) is 2. The molecule has 30 heavy (non-hydrogen) atoms. The number of anilines is 2. The van der Waals surface area contributed by atoms with Gasteiger partial charge in [-0.3, -0.25) is 0 Å². The summed E-state index contributed by atoms with van der Waals surface area (Å²) in [5.74, 6) is 1.08. The zero-order valence-electron chi connectivity index (χ0n) is 17.2. The van der Waals surface area contributed by atoms with Gasteiger partial charge in [0.25, 0.3) is 0 Å². The normalized spacial score (nSPS) is 14.3. The summed E-state index contributed by atoms with van der Waals surface area (Å²) in [7, 11) is 0. The van der Waals surface area contributed by atoms with Crippen molar-refractivity contribution in [1.29, 1.82) is 0 Å². The van der Waals surface area contributed by atoms with E-state index in [0.29, 0.717) is 42.0 Å². The topological polar surface area (TPSA) is 82.6 Å². The van der Waals surface area contributed by atoms with Gasteiger partial charge in [-0.25, -0.2) is 14.8 Å². The van der Waals surface area contributed by atoms with E-state index in [1.54, 1.807) is 35.5 Å². The highest BCUT2D eigenvalue weighted by Crippen LogP contribution is 2.17. The molecule has 1 aliphatic heterocycles. The SMILES string of the molecule is CC(C)(C)NC(=S)Nc1ccc(OC(=O)N2CCN(c3ccc(Cl)cn3)CC2)nc1. The molecule has 1 aliphatic rings. The Morgan fingerprint density at radius 1 is 1.10 bits per heavy atom. The number of piperazine rings is 1. The lowest BCUT2D eigenvalue weighted by Gasteiger charge is -2.34.